The summed E-state index contributed by atoms with van der Waals surface area (Å²) in [4.78, 5) is 0. The molecule has 1 N–H and O–H groups in total. The van der Waals surface area contributed by atoms with E-state index in [1.54, 1.807) is 6.07 Å². The molecule has 3 aromatic rings. The monoisotopic (exact) mass is 270 g/mol. The molecule has 100 valence electrons. The van der Waals surface area contributed by atoms with Crippen LogP contribution in [0, 0.1) is 0 Å². The molecule has 20 heavy (non-hydrogen) atoms. The summed E-state index contributed by atoms with van der Waals surface area (Å²) in [6.07, 6.45) is 0. The van der Waals surface area contributed by atoms with Gasteiger partial charge in [0.25, 0.3) is 0 Å². The van der Waals surface area contributed by atoms with Crippen molar-refractivity contribution in [1.82, 2.24) is 25.3 Å². The van der Waals surface area contributed by atoms with Crippen molar-refractivity contribution >= 4 is 11.5 Å². The van der Waals surface area contributed by atoms with Gasteiger partial charge in [0.05, 0.1) is 0 Å². The van der Waals surface area contributed by atoms with E-state index < -0.39 is 0 Å². The molecule has 8 heteroatoms. The summed E-state index contributed by atoms with van der Waals surface area (Å²) < 4.78 is 12.2. The van der Waals surface area contributed by atoms with Gasteiger partial charge >= 0.3 is 0 Å². The summed E-state index contributed by atoms with van der Waals surface area (Å²) in [7, 11) is 0. The van der Waals surface area contributed by atoms with Crippen LogP contribution in [0.2, 0.25) is 0 Å². The molecule has 0 atom stereocenters. The third-order valence-corrected chi connectivity index (χ3v) is 3.01. The lowest BCUT2D eigenvalue weighted by atomic mass is 10.2. The first-order valence-electron chi connectivity index (χ1n) is 6.07. The molecule has 1 aliphatic heterocycles. The van der Waals surface area contributed by atoms with Crippen LogP contribution in [0.5, 0.6) is 11.5 Å². The average Bonchev–Trinajstić information content (AvgIpc) is 3.13. The molecular formula is C12H10N6O2. The van der Waals surface area contributed by atoms with Crippen molar-refractivity contribution in [3.8, 4) is 11.5 Å². The van der Waals surface area contributed by atoms with Gasteiger partial charge in [0.15, 0.2) is 17.1 Å². The second-order valence-electron chi connectivity index (χ2n) is 4.25. The molecule has 0 fully saturated rings. The molecule has 1 aromatic carbocycles. The minimum Gasteiger partial charge on any atom is -0.454 e. The lowest BCUT2D eigenvalue weighted by Gasteiger charge is -2.07. The summed E-state index contributed by atoms with van der Waals surface area (Å²) in [5.74, 6) is 2.23. The zero-order valence-corrected chi connectivity index (χ0v) is 10.4. The molecule has 4 rings (SSSR count). The van der Waals surface area contributed by atoms with Crippen LogP contribution in [0.25, 0.3) is 5.65 Å². The van der Waals surface area contributed by atoms with E-state index in [1.807, 2.05) is 24.3 Å². The van der Waals surface area contributed by atoms with E-state index in [1.165, 1.54) is 4.63 Å². The van der Waals surface area contributed by atoms with Crippen LogP contribution in [0.15, 0.2) is 30.3 Å². The molecular weight excluding hydrogens is 260 g/mol. The number of para-hydroxylation sites is 1. The molecule has 0 saturated carbocycles. The Balaban J connectivity index is 1.57. The number of ether oxygens (including phenoxy) is 2. The summed E-state index contributed by atoms with van der Waals surface area (Å²) in [6.45, 7) is 0.842. The van der Waals surface area contributed by atoms with E-state index in [2.05, 4.69) is 25.9 Å². The van der Waals surface area contributed by atoms with Gasteiger partial charge in [0, 0.05) is 12.1 Å². The lowest BCUT2D eigenvalue weighted by Crippen LogP contribution is -2.05. The zero-order chi connectivity index (χ0) is 13.4. The van der Waals surface area contributed by atoms with Crippen LogP contribution in [0.4, 0.5) is 5.82 Å². The number of hydrogen-bond acceptors (Lipinski definition) is 7. The molecule has 0 saturated heterocycles. The van der Waals surface area contributed by atoms with Crippen molar-refractivity contribution < 1.29 is 9.47 Å². The fraction of sp³-hybridized carbons (Fsp3) is 0.167. The number of fused-ring (bicyclic) bond motifs is 2. The highest BCUT2D eigenvalue weighted by Gasteiger charge is 2.16. The number of anilines is 1. The second kappa shape index (κ2) is 4.34. The fourth-order valence-corrected chi connectivity index (χ4v) is 2.06. The highest BCUT2D eigenvalue weighted by Crippen LogP contribution is 2.35. The minimum absolute atomic E-state index is 0.265. The lowest BCUT2D eigenvalue weighted by molar-refractivity contribution is 0.173. The molecule has 0 bridgehead atoms. The Morgan fingerprint density at radius 1 is 1.20 bits per heavy atom. The molecule has 3 heterocycles. The van der Waals surface area contributed by atoms with E-state index in [0.717, 1.165) is 17.1 Å². The van der Waals surface area contributed by atoms with Gasteiger partial charge in [0.2, 0.25) is 6.79 Å². The van der Waals surface area contributed by atoms with Gasteiger partial charge in [-0.3, -0.25) is 0 Å². The standard InChI is InChI=1S/C12H10N6O2/c1-2-8(12-9(3-1)19-7-20-12)6-13-10-4-5-11-14-16-17-18(11)15-10/h1-5H,6-7H2,(H,13,15). The summed E-state index contributed by atoms with van der Waals surface area (Å²) in [6, 6.07) is 9.42. The number of hydrogen-bond donors (Lipinski definition) is 1. The Labute approximate surface area is 113 Å². The summed E-state index contributed by atoms with van der Waals surface area (Å²) >= 11 is 0. The highest BCUT2D eigenvalue weighted by atomic mass is 16.7. The number of benzene rings is 1. The maximum absolute atomic E-state index is 5.46. The van der Waals surface area contributed by atoms with E-state index in [-0.39, 0.29) is 6.79 Å². The second-order valence-corrected chi connectivity index (χ2v) is 4.25. The maximum Gasteiger partial charge on any atom is 0.231 e. The molecule has 0 spiro atoms. The SMILES string of the molecule is c1cc(CNc2ccc3nnnn3n2)c2c(c1)OCO2. The Hall–Kier alpha value is -2.90. The smallest absolute Gasteiger partial charge is 0.231 e. The molecule has 1 aliphatic rings. The fourth-order valence-electron chi connectivity index (χ4n) is 2.06. The largest absolute Gasteiger partial charge is 0.454 e. The number of nitrogens with one attached hydrogen (secondary N) is 1. The van der Waals surface area contributed by atoms with Crippen LogP contribution < -0.4 is 14.8 Å². The van der Waals surface area contributed by atoms with Crippen molar-refractivity contribution in [1.29, 1.82) is 0 Å². The van der Waals surface area contributed by atoms with Gasteiger partial charge in [-0.2, -0.15) is 0 Å². The minimum atomic E-state index is 0.265. The summed E-state index contributed by atoms with van der Waals surface area (Å²) in [5.41, 5.74) is 1.62. The van der Waals surface area contributed by atoms with Crippen molar-refractivity contribution in [3.05, 3.63) is 35.9 Å². The molecule has 0 radical (unpaired) electrons. The van der Waals surface area contributed by atoms with Crippen LogP contribution in [-0.2, 0) is 6.54 Å². The molecule has 2 aromatic heterocycles. The molecule has 0 unspecified atom stereocenters. The van der Waals surface area contributed by atoms with Gasteiger partial charge in [0.1, 0.15) is 5.82 Å². The quantitative estimate of drug-likeness (QED) is 0.755. The number of aromatic nitrogens is 5. The Morgan fingerprint density at radius 3 is 3.20 bits per heavy atom. The molecule has 0 aliphatic carbocycles. The molecule has 8 nitrogen and oxygen atoms in total. The van der Waals surface area contributed by atoms with Crippen LogP contribution in [0.3, 0.4) is 0 Å². The van der Waals surface area contributed by atoms with Crippen LogP contribution in [-0.4, -0.2) is 32.0 Å². The van der Waals surface area contributed by atoms with Crippen molar-refractivity contribution in [2.24, 2.45) is 0 Å². The summed E-state index contributed by atoms with van der Waals surface area (Å²) in [5, 5.41) is 18.5. The van der Waals surface area contributed by atoms with Gasteiger partial charge in [-0.1, -0.05) is 12.1 Å². The van der Waals surface area contributed by atoms with Crippen molar-refractivity contribution in [2.75, 3.05) is 12.1 Å². The molecule has 0 amide bonds. The first kappa shape index (κ1) is 11.0. The van der Waals surface area contributed by atoms with E-state index in [9.17, 15) is 0 Å². The topological polar surface area (TPSA) is 86.5 Å². The predicted molar refractivity (Wildman–Crippen MR) is 68.5 cm³/mol. The van der Waals surface area contributed by atoms with E-state index in [4.69, 9.17) is 9.47 Å². The number of rotatable bonds is 3. The van der Waals surface area contributed by atoms with Crippen molar-refractivity contribution in [2.45, 2.75) is 6.54 Å². The van der Waals surface area contributed by atoms with Gasteiger partial charge in [-0.15, -0.1) is 14.8 Å². The third kappa shape index (κ3) is 1.78. The van der Waals surface area contributed by atoms with Crippen molar-refractivity contribution in [3.63, 3.8) is 0 Å². The number of nitrogens with zero attached hydrogens (tertiary/aromatic N) is 5. The van der Waals surface area contributed by atoms with Gasteiger partial charge in [-0.25, -0.2) is 0 Å². The normalized spacial score (nSPS) is 12.8. The Bertz CT molecular complexity index is 771. The van der Waals surface area contributed by atoms with Gasteiger partial charge in [-0.05, 0) is 28.6 Å². The highest BCUT2D eigenvalue weighted by molar-refractivity contribution is 5.50. The third-order valence-electron chi connectivity index (χ3n) is 3.01. The van der Waals surface area contributed by atoms with Crippen LogP contribution >= 0.6 is 0 Å². The first-order chi connectivity index (χ1) is 9.90. The Kier molecular flexibility index (Phi) is 2.38. The average molecular weight is 270 g/mol. The number of tetrazole rings is 1. The van der Waals surface area contributed by atoms with E-state index in [0.29, 0.717) is 18.0 Å². The maximum atomic E-state index is 5.46. The van der Waals surface area contributed by atoms with Gasteiger partial charge < -0.3 is 14.8 Å². The van der Waals surface area contributed by atoms with E-state index >= 15 is 0 Å². The zero-order valence-electron chi connectivity index (χ0n) is 10.4. The first-order valence-corrected chi connectivity index (χ1v) is 6.07. The van der Waals surface area contributed by atoms with Crippen LogP contribution in [0.1, 0.15) is 5.56 Å². The predicted octanol–water partition coefficient (Wildman–Crippen LogP) is 0.860. The Morgan fingerprint density at radius 2 is 2.20 bits per heavy atom.